The number of piperazine rings is 1. The smallest absolute Gasteiger partial charge is 0.338 e. The van der Waals surface area contributed by atoms with Crippen LogP contribution in [0.2, 0.25) is 0 Å². The first kappa shape index (κ1) is 22.9. The van der Waals surface area contributed by atoms with Gasteiger partial charge in [-0.3, -0.25) is 9.59 Å². The molecule has 1 saturated heterocycles. The van der Waals surface area contributed by atoms with Gasteiger partial charge in [-0.2, -0.15) is 0 Å². The van der Waals surface area contributed by atoms with Crippen molar-refractivity contribution in [1.82, 2.24) is 9.80 Å². The summed E-state index contributed by atoms with van der Waals surface area (Å²) in [5.74, 6) is -3.30. The number of nitrogens with zero attached hydrogens (tertiary/aromatic N) is 2. The van der Waals surface area contributed by atoms with E-state index in [1.54, 1.807) is 0 Å². The molecule has 0 aliphatic carbocycles. The maximum atomic E-state index is 12.9. The van der Waals surface area contributed by atoms with E-state index in [9.17, 15) is 28.0 Å². The molecule has 0 unspecified atom stereocenters. The Morgan fingerprint density at radius 3 is 1.25 bits per heavy atom. The molecule has 0 spiro atoms. The predicted molar refractivity (Wildman–Crippen MR) is 107 cm³/mol. The lowest BCUT2D eigenvalue weighted by atomic mass is 10.2. The molecule has 0 atom stereocenters. The number of carbonyl (C=O) groups is 4. The fraction of sp³-hybridized carbons (Fsp3) is 0.273. The SMILES string of the molecule is O=C(OCC(=O)N1CCN(C(=O)COC(=O)c2ccc(F)cc2)CC1)c1ccc(F)cc1. The summed E-state index contributed by atoms with van der Waals surface area (Å²) >= 11 is 0. The molecule has 1 fully saturated rings. The Labute approximate surface area is 182 Å². The lowest BCUT2D eigenvalue weighted by Crippen LogP contribution is -2.52. The number of amides is 2. The molecule has 0 radical (unpaired) electrons. The molecule has 1 aliphatic rings. The molecule has 2 aromatic rings. The van der Waals surface area contributed by atoms with Gasteiger partial charge in [-0.15, -0.1) is 0 Å². The molecule has 3 rings (SSSR count). The van der Waals surface area contributed by atoms with Gasteiger partial charge in [-0.1, -0.05) is 0 Å². The average Bonchev–Trinajstić information content (AvgIpc) is 2.81. The predicted octanol–water partition coefficient (Wildman–Crippen LogP) is 1.65. The minimum atomic E-state index is -0.741. The maximum Gasteiger partial charge on any atom is 0.338 e. The van der Waals surface area contributed by atoms with Gasteiger partial charge in [0.1, 0.15) is 11.6 Å². The lowest BCUT2D eigenvalue weighted by Gasteiger charge is -2.34. The summed E-state index contributed by atoms with van der Waals surface area (Å²) in [5.41, 5.74) is 0.259. The Morgan fingerprint density at radius 1 is 0.625 bits per heavy atom. The molecule has 168 valence electrons. The highest BCUT2D eigenvalue weighted by Crippen LogP contribution is 2.08. The van der Waals surface area contributed by atoms with Gasteiger partial charge in [0.05, 0.1) is 11.1 Å². The number of carbonyl (C=O) groups excluding carboxylic acids is 4. The molecule has 2 amide bonds. The second-order valence-corrected chi connectivity index (χ2v) is 6.93. The quantitative estimate of drug-likeness (QED) is 0.627. The fourth-order valence-corrected chi connectivity index (χ4v) is 2.98. The van der Waals surface area contributed by atoms with E-state index < -0.39 is 48.6 Å². The first-order valence-electron chi connectivity index (χ1n) is 9.74. The zero-order chi connectivity index (χ0) is 23.1. The number of ether oxygens (including phenoxy) is 2. The van der Waals surface area contributed by atoms with E-state index in [0.717, 1.165) is 24.3 Å². The van der Waals surface area contributed by atoms with E-state index >= 15 is 0 Å². The Hall–Kier alpha value is -3.82. The van der Waals surface area contributed by atoms with Gasteiger partial charge in [0.25, 0.3) is 11.8 Å². The molecule has 1 heterocycles. The Balaban J connectivity index is 1.39. The van der Waals surface area contributed by atoms with Crippen molar-refractivity contribution in [2.45, 2.75) is 0 Å². The first-order chi connectivity index (χ1) is 15.3. The Morgan fingerprint density at radius 2 is 0.938 bits per heavy atom. The summed E-state index contributed by atoms with van der Waals surface area (Å²) in [4.78, 5) is 51.2. The highest BCUT2D eigenvalue weighted by Gasteiger charge is 2.25. The summed E-state index contributed by atoms with van der Waals surface area (Å²) < 4.78 is 35.7. The van der Waals surface area contributed by atoms with Crippen LogP contribution in [0.3, 0.4) is 0 Å². The highest BCUT2D eigenvalue weighted by atomic mass is 19.1. The molecular weight excluding hydrogens is 426 g/mol. The van der Waals surface area contributed by atoms with Gasteiger partial charge in [-0.25, -0.2) is 18.4 Å². The number of benzene rings is 2. The summed E-state index contributed by atoms with van der Waals surface area (Å²) in [7, 11) is 0. The molecular formula is C22H20F2N2O6. The molecule has 0 saturated carbocycles. The molecule has 0 aromatic heterocycles. The van der Waals surface area contributed by atoms with Crippen molar-refractivity contribution in [3.63, 3.8) is 0 Å². The highest BCUT2D eigenvalue weighted by molar-refractivity contribution is 5.92. The Bertz CT molecular complexity index is 905. The van der Waals surface area contributed by atoms with Gasteiger partial charge in [0.2, 0.25) is 0 Å². The lowest BCUT2D eigenvalue weighted by molar-refractivity contribution is -0.142. The summed E-state index contributed by atoms with van der Waals surface area (Å²) in [5, 5.41) is 0. The first-order valence-corrected chi connectivity index (χ1v) is 9.74. The molecule has 10 heteroatoms. The standard InChI is InChI=1S/C22H20F2N2O6/c23-17-5-1-15(2-6-17)21(29)31-13-19(27)25-9-11-26(12-10-25)20(28)14-32-22(30)16-3-7-18(24)8-4-16/h1-8H,9-14H2. The van der Waals surface area contributed by atoms with Gasteiger partial charge < -0.3 is 19.3 Å². The van der Waals surface area contributed by atoms with Gasteiger partial charge in [-0.05, 0) is 48.5 Å². The van der Waals surface area contributed by atoms with E-state index in [1.807, 2.05) is 0 Å². The molecule has 8 nitrogen and oxygen atoms in total. The van der Waals surface area contributed by atoms with Crippen molar-refractivity contribution in [3.05, 3.63) is 71.3 Å². The monoisotopic (exact) mass is 446 g/mol. The topological polar surface area (TPSA) is 93.2 Å². The summed E-state index contributed by atoms with van der Waals surface area (Å²) in [6, 6.07) is 9.50. The number of halogens is 2. The van der Waals surface area contributed by atoms with Gasteiger partial charge >= 0.3 is 11.9 Å². The van der Waals surface area contributed by atoms with Crippen molar-refractivity contribution < 1.29 is 37.4 Å². The van der Waals surface area contributed by atoms with Crippen molar-refractivity contribution >= 4 is 23.8 Å². The van der Waals surface area contributed by atoms with Crippen molar-refractivity contribution in [3.8, 4) is 0 Å². The number of rotatable bonds is 6. The molecule has 0 bridgehead atoms. The van der Waals surface area contributed by atoms with E-state index in [0.29, 0.717) is 0 Å². The van der Waals surface area contributed by atoms with Crippen LogP contribution in [0.1, 0.15) is 20.7 Å². The van der Waals surface area contributed by atoms with Gasteiger partial charge in [0.15, 0.2) is 13.2 Å². The van der Waals surface area contributed by atoms with Crippen molar-refractivity contribution in [2.75, 3.05) is 39.4 Å². The number of esters is 2. The van der Waals surface area contributed by atoms with Crippen LogP contribution in [0, 0.1) is 11.6 Å². The van der Waals surface area contributed by atoms with Crippen LogP contribution in [0.4, 0.5) is 8.78 Å². The van der Waals surface area contributed by atoms with E-state index in [1.165, 1.54) is 34.1 Å². The molecule has 2 aromatic carbocycles. The normalized spacial score (nSPS) is 13.4. The largest absolute Gasteiger partial charge is 0.452 e. The third kappa shape index (κ3) is 6.10. The van der Waals surface area contributed by atoms with Crippen LogP contribution in [0.15, 0.2) is 48.5 Å². The van der Waals surface area contributed by atoms with E-state index in [2.05, 4.69) is 0 Å². The third-order valence-corrected chi connectivity index (χ3v) is 4.80. The zero-order valence-corrected chi connectivity index (χ0v) is 17.0. The molecule has 1 aliphatic heterocycles. The van der Waals surface area contributed by atoms with Crippen molar-refractivity contribution in [1.29, 1.82) is 0 Å². The maximum absolute atomic E-state index is 12.9. The number of hydrogen-bond donors (Lipinski definition) is 0. The molecule has 0 N–H and O–H groups in total. The van der Waals surface area contributed by atoms with Crippen LogP contribution in [0.5, 0.6) is 0 Å². The van der Waals surface area contributed by atoms with Crippen LogP contribution < -0.4 is 0 Å². The van der Waals surface area contributed by atoms with E-state index in [4.69, 9.17) is 9.47 Å². The second-order valence-electron chi connectivity index (χ2n) is 6.93. The minimum Gasteiger partial charge on any atom is -0.452 e. The molecule has 32 heavy (non-hydrogen) atoms. The summed E-state index contributed by atoms with van der Waals surface area (Å²) in [6.07, 6.45) is 0. The summed E-state index contributed by atoms with van der Waals surface area (Å²) in [6.45, 7) is -0.0385. The van der Waals surface area contributed by atoms with E-state index in [-0.39, 0.29) is 37.3 Å². The third-order valence-electron chi connectivity index (χ3n) is 4.80. The van der Waals surface area contributed by atoms with Crippen molar-refractivity contribution in [2.24, 2.45) is 0 Å². The second kappa shape index (κ2) is 10.5. The van der Waals surface area contributed by atoms with Gasteiger partial charge in [0, 0.05) is 26.2 Å². The van der Waals surface area contributed by atoms with Crippen LogP contribution in [0.25, 0.3) is 0 Å². The average molecular weight is 446 g/mol. The zero-order valence-electron chi connectivity index (χ0n) is 17.0. The number of hydrogen-bond acceptors (Lipinski definition) is 6. The van der Waals surface area contributed by atoms with Crippen LogP contribution in [-0.2, 0) is 19.1 Å². The fourth-order valence-electron chi connectivity index (χ4n) is 2.98. The van der Waals surface area contributed by atoms with Crippen LogP contribution in [-0.4, -0.2) is 72.9 Å². The van der Waals surface area contributed by atoms with Crippen LogP contribution >= 0.6 is 0 Å². The minimum absolute atomic E-state index is 0.129. The Kier molecular flexibility index (Phi) is 7.48.